The predicted molar refractivity (Wildman–Crippen MR) is 98.9 cm³/mol. The number of anilines is 1. The second-order valence-corrected chi connectivity index (χ2v) is 6.35. The van der Waals surface area contributed by atoms with Crippen molar-refractivity contribution >= 4 is 23.3 Å². The van der Waals surface area contributed by atoms with Crippen molar-refractivity contribution in [3.05, 3.63) is 58.6 Å². The second-order valence-electron chi connectivity index (χ2n) is 5.94. The van der Waals surface area contributed by atoms with Crippen LogP contribution in [0.15, 0.2) is 42.5 Å². The van der Waals surface area contributed by atoms with Gasteiger partial charge in [0.2, 0.25) is 0 Å². The van der Waals surface area contributed by atoms with E-state index in [1.807, 2.05) is 57.2 Å². The van der Waals surface area contributed by atoms with Gasteiger partial charge in [0.05, 0.1) is 12.8 Å². The standard InChI is InChI=1S/C19H23ClN2O2/c1-13(2)22(12-15-8-6-5-7-9-15)19(23)21-17-10-14(3)16(20)11-18(17)24-4/h5-11,13H,12H2,1-4H3,(H,21,23). The molecular weight excluding hydrogens is 324 g/mol. The highest BCUT2D eigenvalue weighted by molar-refractivity contribution is 6.31. The monoisotopic (exact) mass is 346 g/mol. The molecule has 128 valence electrons. The molecule has 0 bridgehead atoms. The highest BCUT2D eigenvalue weighted by Gasteiger charge is 2.19. The van der Waals surface area contributed by atoms with E-state index in [9.17, 15) is 4.79 Å². The quantitative estimate of drug-likeness (QED) is 0.818. The maximum atomic E-state index is 12.7. The minimum Gasteiger partial charge on any atom is -0.495 e. The summed E-state index contributed by atoms with van der Waals surface area (Å²) in [6.07, 6.45) is 0. The van der Waals surface area contributed by atoms with E-state index < -0.39 is 0 Å². The zero-order valence-corrected chi connectivity index (χ0v) is 15.2. The topological polar surface area (TPSA) is 41.6 Å². The number of urea groups is 1. The SMILES string of the molecule is COc1cc(Cl)c(C)cc1NC(=O)N(Cc1ccccc1)C(C)C. The highest BCUT2D eigenvalue weighted by atomic mass is 35.5. The van der Waals surface area contributed by atoms with Gasteiger partial charge in [0, 0.05) is 23.7 Å². The fourth-order valence-corrected chi connectivity index (χ4v) is 2.54. The van der Waals surface area contributed by atoms with Crippen LogP contribution in [0.4, 0.5) is 10.5 Å². The maximum absolute atomic E-state index is 12.7. The second kappa shape index (κ2) is 8.06. The lowest BCUT2D eigenvalue weighted by atomic mass is 10.2. The molecule has 0 unspecified atom stereocenters. The Hall–Kier alpha value is -2.20. The van der Waals surface area contributed by atoms with E-state index in [1.54, 1.807) is 18.1 Å². The van der Waals surface area contributed by atoms with E-state index in [1.165, 1.54) is 0 Å². The summed E-state index contributed by atoms with van der Waals surface area (Å²) in [6, 6.07) is 13.3. The lowest BCUT2D eigenvalue weighted by Gasteiger charge is -2.27. The first-order valence-corrected chi connectivity index (χ1v) is 8.26. The Labute approximate surface area is 148 Å². The maximum Gasteiger partial charge on any atom is 0.322 e. The van der Waals surface area contributed by atoms with E-state index in [0.717, 1.165) is 11.1 Å². The first-order valence-electron chi connectivity index (χ1n) is 7.88. The molecule has 0 aromatic heterocycles. The number of nitrogens with one attached hydrogen (secondary N) is 1. The molecule has 0 aliphatic carbocycles. The molecule has 2 rings (SSSR count). The first kappa shape index (κ1) is 18.1. The Bertz CT molecular complexity index is 702. The molecule has 0 spiro atoms. The van der Waals surface area contributed by atoms with Crippen LogP contribution in [0.3, 0.4) is 0 Å². The molecule has 0 radical (unpaired) electrons. The number of benzene rings is 2. The van der Waals surface area contributed by atoms with Gasteiger partial charge in [-0.05, 0) is 38.0 Å². The number of methoxy groups -OCH3 is 1. The molecule has 0 fully saturated rings. The zero-order chi connectivity index (χ0) is 17.7. The summed E-state index contributed by atoms with van der Waals surface area (Å²) < 4.78 is 5.32. The summed E-state index contributed by atoms with van der Waals surface area (Å²) in [5.41, 5.74) is 2.58. The van der Waals surface area contributed by atoms with Crippen LogP contribution in [0.25, 0.3) is 0 Å². The van der Waals surface area contributed by atoms with Gasteiger partial charge < -0.3 is 15.0 Å². The molecule has 0 aliphatic rings. The molecule has 24 heavy (non-hydrogen) atoms. The molecule has 5 heteroatoms. The van der Waals surface area contributed by atoms with Crippen LogP contribution in [0.5, 0.6) is 5.75 Å². The van der Waals surface area contributed by atoms with E-state index in [2.05, 4.69) is 5.32 Å². The van der Waals surface area contributed by atoms with Gasteiger partial charge >= 0.3 is 6.03 Å². The third-order valence-corrected chi connectivity index (χ3v) is 4.21. The number of halogens is 1. The van der Waals surface area contributed by atoms with Crippen LogP contribution in [0, 0.1) is 6.92 Å². The van der Waals surface area contributed by atoms with Gasteiger partial charge in [-0.25, -0.2) is 4.79 Å². The Balaban J connectivity index is 2.21. The molecule has 0 aliphatic heterocycles. The van der Waals surface area contributed by atoms with Crippen LogP contribution in [-0.4, -0.2) is 24.1 Å². The van der Waals surface area contributed by atoms with Crippen molar-refractivity contribution in [3.63, 3.8) is 0 Å². The molecule has 0 heterocycles. The first-order chi connectivity index (χ1) is 11.4. The number of carbonyl (C=O) groups excluding carboxylic acids is 1. The minimum absolute atomic E-state index is 0.0598. The lowest BCUT2D eigenvalue weighted by Crippen LogP contribution is -2.39. The molecule has 0 saturated carbocycles. The van der Waals surface area contributed by atoms with Crippen LogP contribution in [0.2, 0.25) is 5.02 Å². The van der Waals surface area contributed by atoms with Crippen molar-refractivity contribution in [3.8, 4) is 5.75 Å². The van der Waals surface area contributed by atoms with E-state index in [4.69, 9.17) is 16.3 Å². The molecule has 2 aromatic carbocycles. The van der Waals surface area contributed by atoms with Crippen LogP contribution >= 0.6 is 11.6 Å². The van der Waals surface area contributed by atoms with Gasteiger partial charge in [0.25, 0.3) is 0 Å². The van der Waals surface area contributed by atoms with E-state index in [0.29, 0.717) is 23.0 Å². The third kappa shape index (κ3) is 4.42. The van der Waals surface area contributed by atoms with Crippen molar-refractivity contribution in [1.82, 2.24) is 4.90 Å². The normalized spacial score (nSPS) is 10.6. The predicted octanol–water partition coefficient (Wildman–Crippen LogP) is 5.10. The smallest absolute Gasteiger partial charge is 0.322 e. The number of nitrogens with zero attached hydrogens (tertiary/aromatic N) is 1. The Kier molecular flexibility index (Phi) is 6.10. The summed E-state index contributed by atoms with van der Waals surface area (Å²) in [5.74, 6) is 0.544. The van der Waals surface area contributed by atoms with Gasteiger partial charge in [-0.2, -0.15) is 0 Å². The van der Waals surface area contributed by atoms with Gasteiger partial charge in [-0.15, -0.1) is 0 Å². The third-order valence-electron chi connectivity index (χ3n) is 3.80. The summed E-state index contributed by atoms with van der Waals surface area (Å²) >= 11 is 6.12. The number of rotatable bonds is 5. The zero-order valence-electron chi connectivity index (χ0n) is 14.5. The summed E-state index contributed by atoms with van der Waals surface area (Å²) in [4.78, 5) is 14.5. The lowest BCUT2D eigenvalue weighted by molar-refractivity contribution is 0.193. The molecule has 0 atom stereocenters. The van der Waals surface area contributed by atoms with Crippen LogP contribution in [-0.2, 0) is 6.54 Å². The van der Waals surface area contributed by atoms with Crippen molar-refractivity contribution < 1.29 is 9.53 Å². The number of hydrogen-bond donors (Lipinski definition) is 1. The molecule has 2 aromatic rings. The number of hydrogen-bond acceptors (Lipinski definition) is 2. The minimum atomic E-state index is -0.172. The fourth-order valence-electron chi connectivity index (χ4n) is 2.39. The summed E-state index contributed by atoms with van der Waals surface area (Å²) in [7, 11) is 1.56. The number of ether oxygens (including phenoxy) is 1. The van der Waals surface area contributed by atoms with Gasteiger partial charge in [-0.1, -0.05) is 41.9 Å². The van der Waals surface area contributed by atoms with Crippen molar-refractivity contribution in [1.29, 1.82) is 0 Å². The van der Waals surface area contributed by atoms with Crippen molar-refractivity contribution in [2.45, 2.75) is 33.4 Å². The molecule has 4 nitrogen and oxygen atoms in total. The number of amides is 2. The largest absolute Gasteiger partial charge is 0.495 e. The van der Waals surface area contributed by atoms with Gasteiger partial charge in [0.15, 0.2) is 0 Å². The number of aryl methyl sites for hydroxylation is 1. The molecule has 0 saturated heterocycles. The van der Waals surface area contributed by atoms with Crippen LogP contribution < -0.4 is 10.1 Å². The summed E-state index contributed by atoms with van der Waals surface area (Å²) in [5, 5.41) is 3.54. The van der Waals surface area contributed by atoms with Crippen LogP contribution in [0.1, 0.15) is 25.0 Å². The molecule has 1 N–H and O–H groups in total. The average Bonchev–Trinajstić information content (AvgIpc) is 2.56. The van der Waals surface area contributed by atoms with E-state index >= 15 is 0 Å². The Morgan fingerprint density at radius 1 is 1.25 bits per heavy atom. The Morgan fingerprint density at radius 3 is 2.50 bits per heavy atom. The molecular formula is C19H23ClN2O2. The van der Waals surface area contributed by atoms with Crippen molar-refractivity contribution in [2.24, 2.45) is 0 Å². The van der Waals surface area contributed by atoms with Crippen molar-refractivity contribution in [2.75, 3.05) is 12.4 Å². The van der Waals surface area contributed by atoms with Gasteiger partial charge in [-0.3, -0.25) is 0 Å². The number of carbonyl (C=O) groups is 1. The van der Waals surface area contributed by atoms with E-state index in [-0.39, 0.29) is 12.1 Å². The molecule has 2 amide bonds. The fraction of sp³-hybridized carbons (Fsp3) is 0.316. The average molecular weight is 347 g/mol. The summed E-state index contributed by atoms with van der Waals surface area (Å²) in [6.45, 7) is 6.42. The van der Waals surface area contributed by atoms with Gasteiger partial charge in [0.1, 0.15) is 5.75 Å². The Morgan fingerprint density at radius 2 is 1.92 bits per heavy atom. The highest BCUT2D eigenvalue weighted by Crippen LogP contribution is 2.31.